The monoisotopic (exact) mass is 357 g/mol. The molecule has 26 heavy (non-hydrogen) atoms. The number of benzene rings is 1. The largest absolute Gasteiger partial charge is 0.485 e. The van der Waals surface area contributed by atoms with Crippen molar-refractivity contribution in [2.45, 2.75) is 44.8 Å². The van der Waals surface area contributed by atoms with Gasteiger partial charge in [0.05, 0.1) is 6.54 Å². The van der Waals surface area contributed by atoms with E-state index in [9.17, 15) is 4.79 Å². The highest BCUT2D eigenvalue weighted by atomic mass is 16.5. The number of fused-ring (bicyclic) bond motifs is 1. The average molecular weight is 357 g/mol. The molecule has 1 aromatic carbocycles. The Morgan fingerprint density at radius 3 is 2.69 bits per heavy atom. The van der Waals surface area contributed by atoms with Crippen molar-refractivity contribution in [2.24, 2.45) is 5.92 Å². The third-order valence-corrected chi connectivity index (χ3v) is 6.28. The number of hydrogen-bond donors (Lipinski definition) is 1. The van der Waals surface area contributed by atoms with Gasteiger partial charge < -0.3 is 19.9 Å². The second-order valence-electron chi connectivity index (χ2n) is 8.42. The van der Waals surface area contributed by atoms with Crippen molar-refractivity contribution in [1.29, 1.82) is 0 Å². The first-order chi connectivity index (χ1) is 12.5. The lowest BCUT2D eigenvalue weighted by Crippen LogP contribution is -2.54. The zero-order chi connectivity index (χ0) is 18.1. The first kappa shape index (κ1) is 17.8. The topological polar surface area (TPSA) is 44.8 Å². The van der Waals surface area contributed by atoms with Gasteiger partial charge in [-0.3, -0.25) is 4.79 Å². The number of rotatable bonds is 1. The first-order valence-corrected chi connectivity index (χ1v) is 10.0. The van der Waals surface area contributed by atoms with Gasteiger partial charge in [0.25, 0.3) is 0 Å². The van der Waals surface area contributed by atoms with Gasteiger partial charge in [-0.15, -0.1) is 0 Å². The van der Waals surface area contributed by atoms with Gasteiger partial charge in [0, 0.05) is 44.0 Å². The van der Waals surface area contributed by atoms with Gasteiger partial charge in [0.15, 0.2) is 0 Å². The van der Waals surface area contributed by atoms with Crippen LogP contribution in [0.1, 0.15) is 36.8 Å². The molecular formula is C21H31N3O2. The highest BCUT2D eigenvalue weighted by molar-refractivity contribution is 5.79. The summed E-state index contributed by atoms with van der Waals surface area (Å²) in [6.45, 7) is 7.45. The minimum Gasteiger partial charge on any atom is -0.485 e. The van der Waals surface area contributed by atoms with Crippen LogP contribution in [0.5, 0.6) is 5.75 Å². The summed E-state index contributed by atoms with van der Waals surface area (Å²) in [4.78, 5) is 17.8. The Morgan fingerprint density at radius 2 is 1.96 bits per heavy atom. The summed E-state index contributed by atoms with van der Waals surface area (Å²) in [5.74, 6) is 1.45. The maximum absolute atomic E-state index is 13.3. The number of carbonyl (C=O) groups is 1. The number of piperidine rings is 2. The third-order valence-electron chi connectivity index (χ3n) is 6.28. The molecule has 1 N–H and O–H groups in total. The molecule has 2 fully saturated rings. The molecule has 0 atom stereocenters. The summed E-state index contributed by atoms with van der Waals surface area (Å²) in [5, 5.41) is 3.37. The molecule has 1 aromatic rings. The lowest BCUT2D eigenvalue weighted by Gasteiger charge is -2.42. The molecule has 5 nitrogen and oxygen atoms in total. The van der Waals surface area contributed by atoms with Crippen LogP contribution in [-0.2, 0) is 11.3 Å². The fourth-order valence-corrected chi connectivity index (χ4v) is 4.58. The van der Waals surface area contributed by atoms with Crippen molar-refractivity contribution in [3.05, 3.63) is 29.3 Å². The smallest absolute Gasteiger partial charge is 0.226 e. The SMILES string of the molecule is Cc1ccc2c(c1)CN(C(=O)C1CCNCC1)CC1(CCN(C)CC1)O2. The predicted molar refractivity (Wildman–Crippen MR) is 102 cm³/mol. The maximum atomic E-state index is 13.3. The van der Waals surface area contributed by atoms with Gasteiger partial charge in [-0.2, -0.15) is 0 Å². The van der Waals surface area contributed by atoms with E-state index in [1.807, 2.05) is 0 Å². The standard InChI is InChI=1S/C21H31N3O2/c1-16-3-4-19-18(13-16)14-24(20(25)17-5-9-22-10-6-17)15-21(26-19)7-11-23(2)12-8-21/h3-4,13,17,22H,5-12,14-15H2,1-2H3. The summed E-state index contributed by atoms with van der Waals surface area (Å²) in [6, 6.07) is 6.40. The molecule has 3 aliphatic heterocycles. The molecule has 4 rings (SSSR count). The molecule has 0 saturated carbocycles. The van der Waals surface area contributed by atoms with Crippen molar-refractivity contribution < 1.29 is 9.53 Å². The zero-order valence-electron chi connectivity index (χ0n) is 16.1. The van der Waals surface area contributed by atoms with E-state index in [0.29, 0.717) is 12.5 Å². The number of nitrogens with one attached hydrogen (secondary N) is 1. The number of hydrogen-bond acceptors (Lipinski definition) is 4. The molecular weight excluding hydrogens is 326 g/mol. The van der Waals surface area contributed by atoms with Gasteiger partial charge in [0.1, 0.15) is 11.4 Å². The van der Waals surface area contributed by atoms with Gasteiger partial charge in [-0.05, 0) is 46.0 Å². The highest BCUT2D eigenvalue weighted by Crippen LogP contribution is 2.36. The first-order valence-electron chi connectivity index (χ1n) is 10.0. The Morgan fingerprint density at radius 1 is 1.23 bits per heavy atom. The molecule has 1 amide bonds. The van der Waals surface area contributed by atoms with E-state index in [4.69, 9.17) is 4.74 Å². The van der Waals surface area contributed by atoms with E-state index < -0.39 is 0 Å². The van der Waals surface area contributed by atoms with Crippen LogP contribution in [-0.4, -0.2) is 61.1 Å². The van der Waals surface area contributed by atoms with E-state index >= 15 is 0 Å². The van der Waals surface area contributed by atoms with Crippen molar-refractivity contribution in [1.82, 2.24) is 15.1 Å². The number of likely N-dealkylation sites (tertiary alicyclic amines) is 1. The maximum Gasteiger partial charge on any atom is 0.226 e. The van der Waals surface area contributed by atoms with Crippen LogP contribution in [0.15, 0.2) is 18.2 Å². The number of ether oxygens (including phenoxy) is 1. The number of aryl methyl sites for hydroxylation is 1. The van der Waals surface area contributed by atoms with Crippen LogP contribution in [0.4, 0.5) is 0 Å². The molecule has 0 aromatic heterocycles. The molecule has 1 spiro atoms. The van der Waals surface area contributed by atoms with Crippen LogP contribution in [0.3, 0.4) is 0 Å². The Labute approximate surface area is 156 Å². The summed E-state index contributed by atoms with van der Waals surface area (Å²) >= 11 is 0. The predicted octanol–water partition coefficient (Wildman–Crippen LogP) is 2.18. The van der Waals surface area contributed by atoms with Crippen molar-refractivity contribution in [3.63, 3.8) is 0 Å². The Hall–Kier alpha value is -1.59. The summed E-state index contributed by atoms with van der Waals surface area (Å²) < 4.78 is 6.62. The van der Waals surface area contributed by atoms with Gasteiger partial charge in [0.2, 0.25) is 5.91 Å². The van der Waals surface area contributed by atoms with E-state index in [1.165, 1.54) is 5.56 Å². The van der Waals surface area contributed by atoms with Crippen LogP contribution in [0.2, 0.25) is 0 Å². The Bertz CT molecular complexity index is 661. The van der Waals surface area contributed by atoms with Crippen LogP contribution in [0.25, 0.3) is 0 Å². The molecule has 142 valence electrons. The lowest BCUT2D eigenvalue weighted by atomic mass is 9.89. The van der Waals surface area contributed by atoms with Crippen LogP contribution < -0.4 is 10.1 Å². The van der Waals surface area contributed by atoms with Gasteiger partial charge >= 0.3 is 0 Å². The fourth-order valence-electron chi connectivity index (χ4n) is 4.58. The molecule has 0 aliphatic carbocycles. The fraction of sp³-hybridized carbons (Fsp3) is 0.667. The highest BCUT2D eigenvalue weighted by Gasteiger charge is 2.42. The van der Waals surface area contributed by atoms with Gasteiger partial charge in [-0.25, -0.2) is 0 Å². The molecule has 3 aliphatic rings. The van der Waals surface area contributed by atoms with Crippen molar-refractivity contribution in [2.75, 3.05) is 39.8 Å². The Kier molecular flexibility index (Phi) is 4.93. The molecule has 0 unspecified atom stereocenters. The normalized spacial score (nSPS) is 24.0. The van der Waals surface area contributed by atoms with E-state index in [1.54, 1.807) is 0 Å². The minimum atomic E-state index is -0.240. The van der Waals surface area contributed by atoms with E-state index in [0.717, 1.165) is 69.7 Å². The van der Waals surface area contributed by atoms with Crippen molar-refractivity contribution >= 4 is 5.91 Å². The lowest BCUT2D eigenvalue weighted by molar-refractivity contribution is -0.140. The van der Waals surface area contributed by atoms with Crippen LogP contribution >= 0.6 is 0 Å². The third kappa shape index (κ3) is 3.60. The van der Waals surface area contributed by atoms with Gasteiger partial charge in [-0.1, -0.05) is 17.7 Å². The van der Waals surface area contributed by atoms with E-state index in [2.05, 4.69) is 47.3 Å². The number of nitrogens with zero attached hydrogens (tertiary/aromatic N) is 2. The van der Waals surface area contributed by atoms with Crippen molar-refractivity contribution in [3.8, 4) is 5.75 Å². The molecule has 2 saturated heterocycles. The van der Waals surface area contributed by atoms with E-state index in [-0.39, 0.29) is 11.5 Å². The quantitative estimate of drug-likeness (QED) is 0.837. The second-order valence-corrected chi connectivity index (χ2v) is 8.42. The second kappa shape index (κ2) is 7.20. The molecule has 0 radical (unpaired) electrons. The minimum absolute atomic E-state index is 0.158. The molecule has 3 heterocycles. The summed E-state index contributed by atoms with van der Waals surface area (Å²) in [7, 11) is 2.17. The van der Waals surface area contributed by atoms with Crippen LogP contribution in [0, 0.1) is 12.8 Å². The summed E-state index contributed by atoms with van der Waals surface area (Å²) in [5.41, 5.74) is 2.14. The number of amides is 1. The molecule has 5 heteroatoms. The zero-order valence-corrected chi connectivity index (χ0v) is 16.1. The molecule has 0 bridgehead atoms. The Balaban J connectivity index is 1.63. The summed E-state index contributed by atoms with van der Waals surface area (Å²) in [6.07, 6.45) is 3.86. The number of carbonyl (C=O) groups excluding carboxylic acids is 1. The average Bonchev–Trinajstić information content (AvgIpc) is 2.81.